The van der Waals surface area contributed by atoms with Crippen LogP contribution in [0.4, 0.5) is 8.78 Å². The maximum absolute atomic E-state index is 12.6. The highest BCUT2D eigenvalue weighted by Gasteiger charge is 2.06. The Bertz CT molecular complexity index is 292. The van der Waals surface area contributed by atoms with Crippen molar-refractivity contribution in [3.05, 3.63) is 34.4 Å². The number of rotatable bonds is 2. The van der Waals surface area contributed by atoms with Gasteiger partial charge in [0.05, 0.1) is 0 Å². The second-order valence-corrected chi connectivity index (χ2v) is 2.80. The summed E-state index contributed by atoms with van der Waals surface area (Å²) in [5.41, 5.74) is 5.78. The Morgan fingerprint density at radius 1 is 1.23 bits per heavy atom. The lowest BCUT2D eigenvalue weighted by Crippen LogP contribution is -2.04. The molecule has 74 valence electrons. The quantitative estimate of drug-likeness (QED) is 0.773. The number of hydrogen-bond donors (Lipinski definition) is 1. The Kier molecular flexibility index (Phi) is 5.21. The molecule has 0 fully saturated rings. The Morgan fingerprint density at radius 2 is 1.77 bits per heavy atom. The highest BCUT2D eigenvalue weighted by Crippen LogP contribution is 2.19. The molecular formula is C8H9Cl2F2N. The first-order chi connectivity index (χ1) is 5.65. The molecule has 13 heavy (non-hydrogen) atoms. The van der Waals surface area contributed by atoms with Gasteiger partial charge in [0.25, 0.3) is 0 Å². The van der Waals surface area contributed by atoms with Crippen molar-refractivity contribution in [2.45, 2.75) is 6.42 Å². The predicted octanol–water partition coefficient (Wildman–Crippen LogP) is 2.54. The Labute approximate surface area is 86.3 Å². The lowest BCUT2D eigenvalue weighted by molar-refractivity contribution is 0.507. The third-order valence-electron chi connectivity index (χ3n) is 1.50. The third-order valence-corrected chi connectivity index (χ3v) is 1.85. The van der Waals surface area contributed by atoms with Gasteiger partial charge < -0.3 is 5.73 Å². The summed E-state index contributed by atoms with van der Waals surface area (Å²) in [6, 6.07) is 2.03. The molecule has 0 saturated heterocycles. The molecule has 5 heteroatoms. The monoisotopic (exact) mass is 227 g/mol. The van der Waals surface area contributed by atoms with Crippen molar-refractivity contribution in [3.8, 4) is 0 Å². The van der Waals surface area contributed by atoms with Crippen molar-refractivity contribution in [2.75, 3.05) is 6.54 Å². The van der Waals surface area contributed by atoms with E-state index in [-0.39, 0.29) is 17.4 Å². The average Bonchev–Trinajstić information content (AvgIpc) is 2.01. The van der Waals surface area contributed by atoms with E-state index in [1.807, 2.05) is 0 Å². The zero-order valence-electron chi connectivity index (χ0n) is 6.69. The van der Waals surface area contributed by atoms with Crippen LogP contribution >= 0.6 is 24.0 Å². The van der Waals surface area contributed by atoms with E-state index < -0.39 is 11.6 Å². The normalized spacial score (nSPS) is 9.54. The summed E-state index contributed by atoms with van der Waals surface area (Å²) >= 11 is 5.62. The van der Waals surface area contributed by atoms with E-state index in [0.29, 0.717) is 18.5 Å². The molecule has 0 radical (unpaired) electrons. The van der Waals surface area contributed by atoms with Gasteiger partial charge in [0, 0.05) is 5.02 Å². The molecule has 0 bridgehead atoms. The molecule has 1 aromatic carbocycles. The first-order valence-corrected chi connectivity index (χ1v) is 3.86. The van der Waals surface area contributed by atoms with Gasteiger partial charge in [0.15, 0.2) is 11.6 Å². The van der Waals surface area contributed by atoms with E-state index in [2.05, 4.69) is 0 Å². The maximum atomic E-state index is 12.6. The largest absolute Gasteiger partial charge is 0.330 e. The summed E-state index contributed by atoms with van der Waals surface area (Å²) in [5, 5.41) is 0.222. The van der Waals surface area contributed by atoms with Gasteiger partial charge in [-0.1, -0.05) is 11.6 Å². The van der Waals surface area contributed by atoms with Crippen LogP contribution in [0.25, 0.3) is 0 Å². The Balaban J connectivity index is 0.00000144. The number of benzene rings is 1. The van der Waals surface area contributed by atoms with Gasteiger partial charge in [-0.15, -0.1) is 12.4 Å². The minimum Gasteiger partial charge on any atom is -0.330 e. The molecule has 0 aliphatic rings. The minimum absolute atomic E-state index is 0. The van der Waals surface area contributed by atoms with Crippen molar-refractivity contribution in [3.63, 3.8) is 0 Å². The highest BCUT2D eigenvalue weighted by molar-refractivity contribution is 6.31. The van der Waals surface area contributed by atoms with Crippen LogP contribution in [0, 0.1) is 11.6 Å². The fraction of sp³-hybridized carbons (Fsp3) is 0.250. The maximum Gasteiger partial charge on any atom is 0.160 e. The summed E-state index contributed by atoms with van der Waals surface area (Å²) in [7, 11) is 0. The summed E-state index contributed by atoms with van der Waals surface area (Å²) in [5.74, 6) is -1.82. The average molecular weight is 228 g/mol. The van der Waals surface area contributed by atoms with Crippen LogP contribution in [0.1, 0.15) is 5.56 Å². The van der Waals surface area contributed by atoms with Crippen molar-refractivity contribution >= 4 is 24.0 Å². The zero-order chi connectivity index (χ0) is 9.14. The molecule has 0 amide bonds. The highest BCUT2D eigenvalue weighted by atomic mass is 35.5. The molecular weight excluding hydrogens is 219 g/mol. The van der Waals surface area contributed by atoms with Crippen LogP contribution in [-0.4, -0.2) is 6.54 Å². The van der Waals surface area contributed by atoms with Gasteiger partial charge in [0.2, 0.25) is 0 Å². The number of hydrogen-bond acceptors (Lipinski definition) is 1. The van der Waals surface area contributed by atoms with Crippen LogP contribution in [0.5, 0.6) is 0 Å². The van der Waals surface area contributed by atoms with Crippen LogP contribution in [-0.2, 0) is 6.42 Å². The molecule has 0 spiro atoms. The lowest BCUT2D eigenvalue weighted by Gasteiger charge is -2.02. The van der Waals surface area contributed by atoms with E-state index >= 15 is 0 Å². The number of nitrogens with two attached hydrogens (primary N) is 1. The van der Waals surface area contributed by atoms with Gasteiger partial charge in [-0.25, -0.2) is 8.78 Å². The Morgan fingerprint density at radius 3 is 2.31 bits per heavy atom. The molecule has 2 N–H and O–H groups in total. The van der Waals surface area contributed by atoms with Gasteiger partial charge >= 0.3 is 0 Å². The van der Waals surface area contributed by atoms with E-state index in [1.54, 1.807) is 0 Å². The van der Waals surface area contributed by atoms with Crippen LogP contribution in [0.15, 0.2) is 12.1 Å². The molecule has 1 nitrogen and oxygen atoms in total. The van der Waals surface area contributed by atoms with Gasteiger partial charge in [-0.05, 0) is 30.7 Å². The molecule has 0 heterocycles. The Hall–Kier alpha value is -0.380. The lowest BCUT2D eigenvalue weighted by atomic mass is 10.1. The summed E-state index contributed by atoms with van der Waals surface area (Å²) < 4.78 is 25.1. The second-order valence-electron chi connectivity index (χ2n) is 2.40. The first kappa shape index (κ1) is 12.6. The van der Waals surface area contributed by atoms with Crippen LogP contribution in [0.3, 0.4) is 0 Å². The van der Waals surface area contributed by atoms with E-state index in [4.69, 9.17) is 17.3 Å². The van der Waals surface area contributed by atoms with Gasteiger partial charge in [-0.3, -0.25) is 0 Å². The van der Waals surface area contributed by atoms with Crippen LogP contribution < -0.4 is 5.73 Å². The smallest absolute Gasteiger partial charge is 0.160 e. The molecule has 0 atom stereocenters. The van der Waals surface area contributed by atoms with Crippen molar-refractivity contribution < 1.29 is 8.78 Å². The van der Waals surface area contributed by atoms with Crippen molar-refractivity contribution in [1.82, 2.24) is 0 Å². The molecule has 0 saturated carbocycles. The summed E-state index contributed by atoms with van der Waals surface area (Å²) in [6.45, 7) is 0.366. The summed E-state index contributed by atoms with van der Waals surface area (Å²) in [6.07, 6.45) is 0.454. The standard InChI is InChI=1S/C8H8ClF2N.ClH/c9-6-4-8(11)7(10)3-5(6)1-2-12;/h3-4H,1-2,12H2;1H. The molecule has 1 aromatic rings. The molecule has 0 aliphatic heterocycles. The van der Waals surface area contributed by atoms with Gasteiger partial charge in [0.1, 0.15) is 0 Å². The van der Waals surface area contributed by atoms with E-state index in [9.17, 15) is 8.78 Å². The second kappa shape index (κ2) is 5.37. The number of halogens is 4. The van der Waals surface area contributed by atoms with Crippen molar-refractivity contribution in [2.24, 2.45) is 5.73 Å². The molecule has 0 aliphatic carbocycles. The SMILES string of the molecule is Cl.NCCc1cc(F)c(F)cc1Cl. The zero-order valence-corrected chi connectivity index (χ0v) is 8.26. The minimum atomic E-state index is -0.930. The molecule has 0 aromatic heterocycles. The van der Waals surface area contributed by atoms with E-state index in [0.717, 1.165) is 12.1 Å². The first-order valence-electron chi connectivity index (χ1n) is 3.48. The fourth-order valence-electron chi connectivity index (χ4n) is 0.911. The van der Waals surface area contributed by atoms with Crippen molar-refractivity contribution in [1.29, 1.82) is 0 Å². The van der Waals surface area contributed by atoms with Gasteiger partial charge in [-0.2, -0.15) is 0 Å². The third kappa shape index (κ3) is 3.10. The summed E-state index contributed by atoms with van der Waals surface area (Å²) in [4.78, 5) is 0. The predicted molar refractivity (Wildman–Crippen MR) is 51.4 cm³/mol. The van der Waals surface area contributed by atoms with E-state index in [1.165, 1.54) is 0 Å². The topological polar surface area (TPSA) is 26.0 Å². The van der Waals surface area contributed by atoms with Crippen LogP contribution in [0.2, 0.25) is 5.02 Å². The fourth-order valence-corrected chi connectivity index (χ4v) is 1.16. The molecule has 1 rings (SSSR count). The molecule has 0 unspecified atom stereocenters.